The predicted molar refractivity (Wildman–Crippen MR) is 163 cm³/mol. The van der Waals surface area contributed by atoms with Crippen LogP contribution in [-0.2, 0) is 29.0 Å². The lowest BCUT2D eigenvalue weighted by Gasteiger charge is -2.33. The average molecular weight is 553 g/mol. The number of carbonyl (C=O) groups excluding carboxylic acids is 2. The summed E-state index contributed by atoms with van der Waals surface area (Å²) in [5.74, 6) is -0.0918. The lowest BCUT2D eigenvalue weighted by molar-refractivity contribution is -0.141. The first-order valence-corrected chi connectivity index (χ1v) is 14.8. The van der Waals surface area contributed by atoms with Crippen molar-refractivity contribution in [1.29, 1.82) is 0 Å². The third kappa shape index (κ3) is 7.31. The molecule has 0 bridgehead atoms. The SMILES string of the molecule is O=C(NC1CCCCC1)C(Cc1ccccc1)N(Cc1ccc(Cl)cc1)C(=O)CCc1cccc2ccccc12. The van der Waals surface area contributed by atoms with Gasteiger partial charge in [0.05, 0.1) is 0 Å². The molecule has 0 aliphatic heterocycles. The fourth-order valence-electron chi connectivity index (χ4n) is 5.78. The topological polar surface area (TPSA) is 49.4 Å². The molecule has 206 valence electrons. The Hall–Kier alpha value is -3.63. The van der Waals surface area contributed by atoms with E-state index in [1.807, 2.05) is 72.8 Å². The molecule has 40 heavy (non-hydrogen) atoms. The number of amides is 2. The lowest BCUT2D eigenvalue weighted by atomic mass is 9.94. The van der Waals surface area contributed by atoms with Crippen molar-refractivity contribution in [3.8, 4) is 0 Å². The summed E-state index contributed by atoms with van der Waals surface area (Å²) in [5.41, 5.74) is 3.13. The van der Waals surface area contributed by atoms with Crippen LogP contribution in [0.5, 0.6) is 0 Å². The van der Waals surface area contributed by atoms with E-state index in [9.17, 15) is 9.59 Å². The third-order valence-corrected chi connectivity index (χ3v) is 8.23. The van der Waals surface area contributed by atoms with Gasteiger partial charge in [-0.25, -0.2) is 0 Å². The van der Waals surface area contributed by atoms with E-state index in [1.165, 1.54) is 11.8 Å². The second kappa shape index (κ2) is 13.6. The van der Waals surface area contributed by atoms with E-state index in [1.54, 1.807) is 4.90 Å². The number of carbonyl (C=O) groups is 2. The monoisotopic (exact) mass is 552 g/mol. The summed E-state index contributed by atoms with van der Waals surface area (Å²) >= 11 is 6.16. The van der Waals surface area contributed by atoms with Crippen LogP contribution in [0.2, 0.25) is 5.02 Å². The van der Waals surface area contributed by atoms with Gasteiger partial charge in [-0.1, -0.05) is 116 Å². The Morgan fingerprint density at radius 2 is 1.50 bits per heavy atom. The van der Waals surface area contributed by atoms with Gasteiger partial charge in [0.25, 0.3) is 0 Å². The Morgan fingerprint density at radius 1 is 0.800 bits per heavy atom. The molecule has 0 spiro atoms. The quantitative estimate of drug-likeness (QED) is 0.221. The van der Waals surface area contributed by atoms with Crippen molar-refractivity contribution in [2.45, 2.75) is 70.0 Å². The molecule has 0 radical (unpaired) electrons. The van der Waals surface area contributed by atoms with E-state index >= 15 is 0 Å². The highest BCUT2D eigenvalue weighted by molar-refractivity contribution is 6.30. The maximum atomic E-state index is 14.1. The molecule has 1 aliphatic rings. The van der Waals surface area contributed by atoms with Crippen molar-refractivity contribution in [1.82, 2.24) is 10.2 Å². The molecule has 4 aromatic carbocycles. The molecule has 0 heterocycles. The van der Waals surface area contributed by atoms with Crippen molar-refractivity contribution < 1.29 is 9.59 Å². The van der Waals surface area contributed by atoms with E-state index < -0.39 is 6.04 Å². The maximum absolute atomic E-state index is 14.1. The first-order valence-electron chi connectivity index (χ1n) is 14.4. The highest BCUT2D eigenvalue weighted by atomic mass is 35.5. The Bertz CT molecular complexity index is 1410. The molecular weight excluding hydrogens is 516 g/mol. The molecule has 5 heteroatoms. The van der Waals surface area contributed by atoms with Gasteiger partial charge in [-0.05, 0) is 58.9 Å². The summed E-state index contributed by atoms with van der Waals surface area (Å²) < 4.78 is 0. The van der Waals surface area contributed by atoms with E-state index in [0.29, 0.717) is 30.8 Å². The zero-order valence-electron chi connectivity index (χ0n) is 22.9. The van der Waals surface area contributed by atoms with Gasteiger partial charge in [0.15, 0.2) is 0 Å². The third-order valence-electron chi connectivity index (χ3n) is 7.98. The van der Waals surface area contributed by atoms with Crippen LogP contribution in [0.15, 0.2) is 97.1 Å². The molecule has 5 rings (SSSR count). The van der Waals surface area contributed by atoms with Gasteiger partial charge in [0.2, 0.25) is 11.8 Å². The Labute approximate surface area is 242 Å². The fraction of sp³-hybridized carbons (Fsp3) is 0.314. The average Bonchev–Trinajstić information content (AvgIpc) is 2.99. The molecule has 0 saturated heterocycles. The first kappa shape index (κ1) is 27.9. The maximum Gasteiger partial charge on any atom is 0.243 e. The van der Waals surface area contributed by atoms with E-state index in [4.69, 9.17) is 11.6 Å². The molecule has 1 unspecified atom stereocenters. The molecule has 0 aromatic heterocycles. The molecule has 4 aromatic rings. The van der Waals surface area contributed by atoms with Gasteiger partial charge < -0.3 is 10.2 Å². The molecule has 1 aliphatic carbocycles. The largest absolute Gasteiger partial charge is 0.352 e. The number of rotatable bonds is 10. The minimum absolute atomic E-state index is 0.0254. The van der Waals surface area contributed by atoms with Crippen molar-refractivity contribution in [3.05, 3.63) is 119 Å². The zero-order valence-corrected chi connectivity index (χ0v) is 23.7. The molecule has 1 atom stereocenters. The number of nitrogens with zero attached hydrogens (tertiary/aromatic N) is 1. The smallest absolute Gasteiger partial charge is 0.243 e. The summed E-state index contributed by atoms with van der Waals surface area (Å²) in [6.07, 6.45) is 6.87. The summed E-state index contributed by atoms with van der Waals surface area (Å²) in [5, 5.41) is 6.29. The Kier molecular flexibility index (Phi) is 9.51. The number of nitrogens with one attached hydrogen (secondary N) is 1. The van der Waals surface area contributed by atoms with Crippen LogP contribution in [-0.4, -0.2) is 28.8 Å². The van der Waals surface area contributed by atoms with Crippen LogP contribution < -0.4 is 5.32 Å². The predicted octanol–water partition coefficient (Wildman–Crippen LogP) is 7.51. The summed E-state index contributed by atoms with van der Waals surface area (Å²) in [7, 11) is 0. The van der Waals surface area contributed by atoms with Crippen LogP contribution in [0.3, 0.4) is 0 Å². The molecular formula is C35H37ClN2O2. The van der Waals surface area contributed by atoms with Gasteiger partial charge in [0.1, 0.15) is 6.04 Å². The van der Waals surface area contributed by atoms with E-state index in [-0.39, 0.29) is 17.9 Å². The number of hydrogen-bond acceptors (Lipinski definition) is 2. The van der Waals surface area contributed by atoms with Gasteiger partial charge >= 0.3 is 0 Å². The highest BCUT2D eigenvalue weighted by Gasteiger charge is 2.31. The minimum Gasteiger partial charge on any atom is -0.352 e. The molecule has 2 amide bonds. The van der Waals surface area contributed by atoms with Crippen LogP contribution in [0.1, 0.15) is 55.2 Å². The van der Waals surface area contributed by atoms with Crippen molar-refractivity contribution in [2.24, 2.45) is 0 Å². The second-order valence-corrected chi connectivity index (χ2v) is 11.3. The minimum atomic E-state index is -0.611. The van der Waals surface area contributed by atoms with E-state index in [2.05, 4.69) is 29.6 Å². The summed E-state index contributed by atoms with van der Waals surface area (Å²) in [6.45, 7) is 0.348. The first-order chi connectivity index (χ1) is 19.6. The van der Waals surface area contributed by atoms with Crippen molar-refractivity contribution >= 4 is 34.2 Å². The van der Waals surface area contributed by atoms with Gasteiger partial charge in [-0.15, -0.1) is 0 Å². The Balaban J connectivity index is 1.43. The van der Waals surface area contributed by atoms with Crippen LogP contribution in [0, 0.1) is 0 Å². The molecule has 4 nitrogen and oxygen atoms in total. The number of benzene rings is 4. The van der Waals surface area contributed by atoms with Gasteiger partial charge in [-0.3, -0.25) is 9.59 Å². The van der Waals surface area contributed by atoms with Crippen LogP contribution in [0.4, 0.5) is 0 Å². The summed E-state index contributed by atoms with van der Waals surface area (Å²) in [4.78, 5) is 29.8. The fourth-order valence-corrected chi connectivity index (χ4v) is 5.91. The van der Waals surface area contributed by atoms with Crippen LogP contribution in [0.25, 0.3) is 10.8 Å². The zero-order chi connectivity index (χ0) is 27.7. The molecule has 1 fully saturated rings. The van der Waals surface area contributed by atoms with Crippen molar-refractivity contribution in [3.63, 3.8) is 0 Å². The van der Waals surface area contributed by atoms with Crippen LogP contribution >= 0.6 is 11.6 Å². The molecule has 1 N–H and O–H groups in total. The number of halogens is 1. The number of fused-ring (bicyclic) bond motifs is 1. The van der Waals surface area contributed by atoms with Gasteiger partial charge in [0, 0.05) is 30.5 Å². The van der Waals surface area contributed by atoms with E-state index in [0.717, 1.165) is 47.8 Å². The lowest BCUT2D eigenvalue weighted by Crippen LogP contribution is -2.52. The van der Waals surface area contributed by atoms with Crippen molar-refractivity contribution in [2.75, 3.05) is 0 Å². The normalized spacial score (nSPS) is 14.5. The number of hydrogen-bond donors (Lipinski definition) is 1. The highest BCUT2D eigenvalue weighted by Crippen LogP contribution is 2.23. The standard InChI is InChI=1S/C35H37ClN2O2/c36-30-21-18-27(19-22-30)25-38(34(39)23-20-29-14-9-13-28-12-7-8-17-32(28)29)33(24-26-10-3-1-4-11-26)35(40)37-31-15-5-2-6-16-31/h1,3-4,7-14,17-19,21-22,31,33H,2,5-6,15-16,20,23-25H2,(H,37,40). The second-order valence-electron chi connectivity index (χ2n) is 10.8. The molecule has 1 saturated carbocycles. The summed E-state index contributed by atoms with van der Waals surface area (Å²) in [6, 6.07) is 31.6. The van der Waals surface area contributed by atoms with Gasteiger partial charge in [-0.2, -0.15) is 0 Å². The Morgan fingerprint density at radius 3 is 2.27 bits per heavy atom. The number of aryl methyl sites for hydroxylation is 1.